The third-order valence-electron chi connectivity index (χ3n) is 6.28. The standard InChI is InChI=1S/C30H34N4O/c35-29(17-8-7-11-26-12-9-18-31-25-26)32-19-10-20-33-21-23-34(24-22-33)30(27-13-3-1-4-14-27)28-15-5-2-6-16-28/h1-9,11-18,25,30H,10,19-24H2,(H,32,35)/b11-7+,17-8+. The van der Waals surface area contributed by atoms with Crippen molar-refractivity contribution >= 4 is 12.0 Å². The highest BCUT2D eigenvalue weighted by Gasteiger charge is 2.26. The Bertz CT molecular complexity index is 1040. The number of piperazine rings is 1. The number of pyridine rings is 1. The van der Waals surface area contributed by atoms with Gasteiger partial charge in [0.1, 0.15) is 0 Å². The Hall–Kier alpha value is -3.54. The molecule has 0 atom stereocenters. The molecule has 0 unspecified atom stereocenters. The van der Waals surface area contributed by atoms with Gasteiger partial charge in [-0.15, -0.1) is 0 Å². The first-order valence-electron chi connectivity index (χ1n) is 12.4. The molecule has 1 aromatic heterocycles. The molecule has 2 aromatic carbocycles. The lowest BCUT2D eigenvalue weighted by atomic mass is 9.96. The van der Waals surface area contributed by atoms with Crippen molar-refractivity contribution in [3.63, 3.8) is 0 Å². The van der Waals surface area contributed by atoms with Gasteiger partial charge in [0, 0.05) is 51.2 Å². The molecule has 0 bridgehead atoms. The number of carbonyl (C=O) groups is 1. The Morgan fingerprint density at radius 1 is 0.886 bits per heavy atom. The minimum atomic E-state index is -0.0563. The van der Waals surface area contributed by atoms with Gasteiger partial charge in [0.25, 0.3) is 0 Å². The van der Waals surface area contributed by atoms with Gasteiger partial charge in [-0.1, -0.05) is 85.0 Å². The van der Waals surface area contributed by atoms with Crippen LogP contribution in [0.3, 0.4) is 0 Å². The topological polar surface area (TPSA) is 48.5 Å². The first-order chi connectivity index (χ1) is 17.3. The highest BCUT2D eigenvalue weighted by Crippen LogP contribution is 2.29. The normalized spacial score (nSPS) is 15.2. The lowest BCUT2D eigenvalue weighted by molar-refractivity contribution is -0.116. The fourth-order valence-electron chi connectivity index (χ4n) is 4.49. The van der Waals surface area contributed by atoms with Crippen molar-refractivity contribution in [2.75, 3.05) is 39.3 Å². The average Bonchev–Trinajstić information content (AvgIpc) is 2.92. The lowest BCUT2D eigenvalue weighted by Gasteiger charge is -2.39. The van der Waals surface area contributed by atoms with Gasteiger partial charge < -0.3 is 10.2 Å². The van der Waals surface area contributed by atoms with E-state index in [4.69, 9.17) is 0 Å². The average molecular weight is 467 g/mol. The van der Waals surface area contributed by atoms with Gasteiger partial charge in [-0.05, 0) is 35.7 Å². The smallest absolute Gasteiger partial charge is 0.243 e. The molecule has 35 heavy (non-hydrogen) atoms. The van der Waals surface area contributed by atoms with E-state index in [0.29, 0.717) is 6.54 Å². The Labute approximate surface area is 208 Å². The van der Waals surface area contributed by atoms with Crippen LogP contribution in [0, 0.1) is 0 Å². The molecular formula is C30H34N4O. The lowest BCUT2D eigenvalue weighted by Crippen LogP contribution is -2.48. The van der Waals surface area contributed by atoms with E-state index in [1.54, 1.807) is 24.5 Å². The predicted octanol–water partition coefficient (Wildman–Crippen LogP) is 4.56. The molecule has 180 valence electrons. The summed E-state index contributed by atoms with van der Waals surface area (Å²) in [5.41, 5.74) is 3.70. The Balaban J connectivity index is 1.18. The maximum absolute atomic E-state index is 12.0. The van der Waals surface area contributed by atoms with Crippen molar-refractivity contribution in [2.45, 2.75) is 12.5 Å². The fraction of sp³-hybridized carbons (Fsp3) is 0.267. The van der Waals surface area contributed by atoms with E-state index in [1.807, 2.05) is 24.3 Å². The van der Waals surface area contributed by atoms with E-state index in [-0.39, 0.29) is 11.9 Å². The van der Waals surface area contributed by atoms with E-state index < -0.39 is 0 Å². The number of benzene rings is 2. The molecule has 0 aliphatic carbocycles. The third-order valence-corrected chi connectivity index (χ3v) is 6.28. The zero-order valence-corrected chi connectivity index (χ0v) is 20.2. The number of nitrogens with one attached hydrogen (secondary N) is 1. The molecule has 1 amide bonds. The van der Waals surface area contributed by atoms with Crippen LogP contribution in [0.5, 0.6) is 0 Å². The molecule has 1 N–H and O–H groups in total. The summed E-state index contributed by atoms with van der Waals surface area (Å²) >= 11 is 0. The zero-order chi connectivity index (χ0) is 24.1. The van der Waals surface area contributed by atoms with Gasteiger partial charge in [-0.25, -0.2) is 0 Å². The summed E-state index contributed by atoms with van der Waals surface area (Å²) in [6, 6.07) is 25.7. The first-order valence-corrected chi connectivity index (χ1v) is 12.4. The second-order valence-electron chi connectivity index (χ2n) is 8.75. The first kappa shape index (κ1) is 24.6. The van der Waals surface area contributed by atoms with Crippen molar-refractivity contribution in [3.8, 4) is 0 Å². The number of aromatic nitrogens is 1. The fourth-order valence-corrected chi connectivity index (χ4v) is 4.49. The summed E-state index contributed by atoms with van der Waals surface area (Å²) in [5, 5.41) is 2.98. The van der Waals surface area contributed by atoms with E-state index in [2.05, 4.69) is 80.8 Å². The van der Waals surface area contributed by atoms with Crippen LogP contribution in [-0.2, 0) is 4.79 Å². The van der Waals surface area contributed by atoms with Gasteiger partial charge in [-0.2, -0.15) is 0 Å². The van der Waals surface area contributed by atoms with Crippen molar-refractivity contribution in [1.82, 2.24) is 20.1 Å². The molecule has 2 heterocycles. The maximum Gasteiger partial charge on any atom is 0.243 e. The molecule has 1 aliphatic heterocycles. The van der Waals surface area contributed by atoms with Crippen molar-refractivity contribution in [1.29, 1.82) is 0 Å². The summed E-state index contributed by atoms with van der Waals surface area (Å²) in [5.74, 6) is -0.0563. The Morgan fingerprint density at radius 2 is 1.57 bits per heavy atom. The van der Waals surface area contributed by atoms with Gasteiger partial charge >= 0.3 is 0 Å². The number of nitrogens with zero attached hydrogens (tertiary/aromatic N) is 3. The van der Waals surface area contributed by atoms with Gasteiger partial charge in [-0.3, -0.25) is 14.7 Å². The second kappa shape index (κ2) is 13.4. The Morgan fingerprint density at radius 3 is 2.20 bits per heavy atom. The van der Waals surface area contributed by atoms with Crippen LogP contribution in [0.4, 0.5) is 0 Å². The van der Waals surface area contributed by atoms with Crippen molar-refractivity contribution in [2.24, 2.45) is 0 Å². The number of allylic oxidation sites excluding steroid dienone is 2. The summed E-state index contributed by atoms with van der Waals surface area (Å²) in [7, 11) is 0. The number of hydrogen-bond acceptors (Lipinski definition) is 4. The van der Waals surface area contributed by atoms with Gasteiger partial charge in [0.15, 0.2) is 0 Å². The van der Waals surface area contributed by atoms with Crippen LogP contribution in [0.1, 0.15) is 29.2 Å². The molecule has 0 radical (unpaired) electrons. The molecule has 1 saturated heterocycles. The van der Waals surface area contributed by atoms with Gasteiger partial charge in [0.2, 0.25) is 5.91 Å². The highest BCUT2D eigenvalue weighted by atomic mass is 16.1. The number of amides is 1. The van der Waals surface area contributed by atoms with Crippen molar-refractivity contribution in [3.05, 3.63) is 120 Å². The van der Waals surface area contributed by atoms with Gasteiger partial charge in [0.05, 0.1) is 6.04 Å². The summed E-state index contributed by atoms with van der Waals surface area (Å²) < 4.78 is 0. The molecule has 4 rings (SSSR count). The van der Waals surface area contributed by atoms with Crippen LogP contribution in [0.25, 0.3) is 6.08 Å². The van der Waals surface area contributed by atoms with Crippen LogP contribution in [0.2, 0.25) is 0 Å². The minimum absolute atomic E-state index is 0.0563. The van der Waals surface area contributed by atoms with Crippen LogP contribution < -0.4 is 5.32 Å². The predicted molar refractivity (Wildman–Crippen MR) is 143 cm³/mol. The van der Waals surface area contributed by atoms with E-state index >= 15 is 0 Å². The van der Waals surface area contributed by atoms with E-state index in [1.165, 1.54) is 11.1 Å². The highest BCUT2D eigenvalue weighted by molar-refractivity contribution is 5.87. The molecular weight excluding hydrogens is 432 g/mol. The summed E-state index contributed by atoms with van der Waals surface area (Å²) in [6.45, 7) is 5.85. The summed E-state index contributed by atoms with van der Waals surface area (Å²) in [4.78, 5) is 21.2. The molecule has 1 aliphatic rings. The molecule has 3 aromatic rings. The maximum atomic E-state index is 12.0. The number of hydrogen-bond donors (Lipinski definition) is 1. The number of carbonyl (C=O) groups excluding carboxylic acids is 1. The SMILES string of the molecule is O=C(/C=C/C=C/c1cccnc1)NCCCN1CCN(C(c2ccccc2)c2ccccc2)CC1. The minimum Gasteiger partial charge on any atom is -0.353 e. The zero-order valence-electron chi connectivity index (χ0n) is 20.2. The second-order valence-corrected chi connectivity index (χ2v) is 8.75. The molecule has 1 fully saturated rings. The molecule has 5 heteroatoms. The van der Waals surface area contributed by atoms with Crippen LogP contribution in [-0.4, -0.2) is 60.0 Å². The quantitative estimate of drug-likeness (QED) is 0.270. The Kier molecular flexibility index (Phi) is 9.39. The summed E-state index contributed by atoms with van der Waals surface area (Å²) in [6.07, 6.45) is 11.6. The largest absolute Gasteiger partial charge is 0.353 e. The van der Waals surface area contributed by atoms with Crippen molar-refractivity contribution < 1.29 is 4.79 Å². The number of rotatable bonds is 10. The van der Waals surface area contributed by atoms with Crippen LogP contribution >= 0.6 is 0 Å². The molecule has 0 saturated carbocycles. The van der Waals surface area contributed by atoms with E-state index in [9.17, 15) is 4.79 Å². The molecule has 0 spiro atoms. The third kappa shape index (κ3) is 7.74. The monoisotopic (exact) mass is 466 g/mol. The molecule has 5 nitrogen and oxygen atoms in total. The van der Waals surface area contributed by atoms with E-state index in [0.717, 1.165) is 44.7 Å². The van der Waals surface area contributed by atoms with Crippen LogP contribution in [0.15, 0.2) is 103 Å².